The van der Waals surface area contributed by atoms with Gasteiger partial charge in [0.05, 0.1) is 16.8 Å². The van der Waals surface area contributed by atoms with E-state index >= 15 is 0 Å². The number of aryl methyl sites for hydroxylation is 1. The van der Waals surface area contributed by atoms with Gasteiger partial charge in [0.1, 0.15) is 5.01 Å². The Labute approximate surface area is 121 Å². The molecule has 0 aliphatic heterocycles. The average Bonchev–Trinajstić information content (AvgIpc) is 2.88. The smallest absolute Gasteiger partial charge is 0.251 e. The molecule has 1 heterocycles. The molecule has 1 N–H and O–H groups in total. The molecule has 1 amide bonds. The number of hydrogen-bond acceptors (Lipinski definition) is 3. The van der Waals surface area contributed by atoms with E-state index in [4.69, 9.17) is 0 Å². The third kappa shape index (κ3) is 2.56. The normalized spacial score (nSPS) is 10.7. The molecule has 0 aliphatic carbocycles. The summed E-state index contributed by atoms with van der Waals surface area (Å²) < 4.78 is 1.15. The van der Waals surface area contributed by atoms with Crippen LogP contribution in [0.4, 0.5) is 0 Å². The first kappa shape index (κ1) is 12.8. The summed E-state index contributed by atoms with van der Waals surface area (Å²) in [7, 11) is 0. The second-order valence-corrected chi connectivity index (χ2v) is 5.69. The van der Waals surface area contributed by atoms with E-state index in [-0.39, 0.29) is 5.91 Å². The topological polar surface area (TPSA) is 42.0 Å². The van der Waals surface area contributed by atoms with Crippen molar-refractivity contribution >= 4 is 27.5 Å². The molecule has 3 nitrogen and oxygen atoms in total. The van der Waals surface area contributed by atoms with Gasteiger partial charge in [-0.2, -0.15) is 0 Å². The SMILES string of the molecule is Cc1ccccc1C(=O)NCc1nc2ccccc2s1. The van der Waals surface area contributed by atoms with Crippen LogP contribution in [0.25, 0.3) is 10.2 Å². The zero-order valence-corrected chi connectivity index (χ0v) is 11.9. The molecule has 0 spiro atoms. The van der Waals surface area contributed by atoms with Crippen molar-refractivity contribution in [2.75, 3.05) is 0 Å². The second kappa shape index (κ2) is 5.43. The van der Waals surface area contributed by atoms with Crippen molar-refractivity contribution in [3.05, 3.63) is 64.7 Å². The molecule has 0 aliphatic rings. The van der Waals surface area contributed by atoms with Crippen LogP contribution in [0.3, 0.4) is 0 Å². The summed E-state index contributed by atoms with van der Waals surface area (Å²) in [6, 6.07) is 15.6. The van der Waals surface area contributed by atoms with Crippen molar-refractivity contribution < 1.29 is 4.79 Å². The number of nitrogens with zero attached hydrogens (tertiary/aromatic N) is 1. The number of fused-ring (bicyclic) bond motifs is 1. The van der Waals surface area contributed by atoms with E-state index in [1.54, 1.807) is 11.3 Å². The predicted octanol–water partition coefficient (Wildman–Crippen LogP) is 3.53. The predicted molar refractivity (Wildman–Crippen MR) is 82.0 cm³/mol. The lowest BCUT2D eigenvalue weighted by Crippen LogP contribution is -2.23. The van der Waals surface area contributed by atoms with Gasteiger partial charge in [-0.15, -0.1) is 11.3 Å². The van der Waals surface area contributed by atoms with Crippen LogP contribution in [-0.4, -0.2) is 10.9 Å². The highest BCUT2D eigenvalue weighted by Crippen LogP contribution is 2.21. The molecule has 0 radical (unpaired) electrons. The molecular weight excluding hydrogens is 268 g/mol. The largest absolute Gasteiger partial charge is 0.346 e. The van der Waals surface area contributed by atoms with Crippen molar-refractivity contribution in [1.29, 1.82) is 0 Å². The van der Waals surface area contributed by atoms with Crippen molar-refractivity contribution in [2.24, 2.45) is 0 Å². The number of thiazole rings is 1. The fourth-order valence-corrected chi connectivity index (χ4v) is 2.98. The van der Waals surface area contributed by atoms with E-state index in [0.29, 0.717) is 12.1 Å². The summed E-state index contributed by atoms with van der Waals surface area (Å²) in [4.78, 5) is 16.6. The fraction of sp³-hybridized carbons (Fsp3) is 0.125. The highest BCUT2D eigenvalue weighted by Gasteiger charge is 2.09. The molecule has 0 saturated heterocycles. The van der Waals surface area contributed by atoms with Gasteiger partial charge >= 0.3 is 0 Å². The van der Waals surface area contributed by atoms with Gasteiger partial charge in [0, 0.05) is 5.56 Å². The number of hydrogen-bond donors (Lipinski definition) is 1. The molecular formula is C16H14N2OS. The zero-order chi connectivity index (χ0) is 13.9. The summed E-state index contributed by atoms with van der Waals surface area (Å²) in [6.07, 6.45) is 0. The van der Waals surface area contributed by atoms with E-state index in [1.807, 2.05) is 55.5 Å². The molecule has 4 heteroatoms. The second-order valence-electron chi connectivity index (χ2n) is 4.57. The van der Waals surface area contributed by atoms with Gasteiger partial charge in [0.25, 0.3) is 5.91 Å². The van der Waals surface area contributed by atoms with Crippen molar-refractivity contribution in [1.82, 2.24) is 10.3 Å². The fourth-order valence-electron chi connectivity index (χ4n) is 2.07. The third-order valence-electron chi connectivity index (χ3n) is 3.13. The lowest BCUT2D eigenvalue weighted by atomic mass is 10.1. The van der Waals surface area contributed by atoms with Crippen LogP contribution < -0.4 is 5.32 Å². The van der Waals surface area contributed by atoms with Crippen LogP contribution in [-0.2, 0) is 6.54 Å². The van der Waals surface area contributed by atoms with Crippen molar-refractivity contribution in [3.63, 3.8) is 0 Å². The molecule has 20 heavy (non-hydrogen) atoms. The third-order valence-corrected chi connectivity index (χ3v) is 4.16. The maximum absolute atomic E-state index is 12.1. The Bertz CT molecular complexity index is 731. The number of carbonyl (C=O) groups is 1. The summed E-state index contributed by atoms with van der Waals surface area (Å²) in [6.45, 7) is 2.40. The van der Waals surface area contributed by atoms with Crippen LogP contribution in [0.15, 0.2) is 48.5 Å². The average molecular weight is 282 g/mol. The molecule has 1 aromatic heterocycles. The highest BCUT2D eigenvalue weighted by atomic mass is 32.1. The molecule has 0 bridgehead atoms. The number of carbonyl (C=O) groups excluding carboxylic acids is 1. The first-order chi connectivity index (χ1) is 9.74. The lowest BCUT2D eigenvalue weighted by molar-refractivity contribution is 0.0950. The van der Waals surface area contributed by atoms with Gasteiger partial charge in [-0.25, -0.2) is 4.98 Å². The summed E-state index contributed by atoms with van der Waals surface area (Å²) >= 11 is 1.61. The minimum absolute atomic E-state index is 0.0534. The number of amides is 1. The highest BCUT2D eigenvalue weighted by molar-refractivity contribution is 7.18. The molecule has 100 valence electrons. The van der Waals surface area contributed by atoms with Gasteiger partial charge in [0.2, 0.25) is 0 Å². The quantitative estimate of drug-likeness (QED) is 0.798. The van der Waals surface area contributed by atoms with Crippen LogP contribution >= 0.6 is 11.3 Å². The number of para-hydroxylation sites is 1. The Morgan fingerprint density at radius 1 is 1.15 bits per heavy atom. The van der Waals surface area contributed by atoms with Crippen molar-refractivity contribution in [3.8, 4) is 0 Å². The standard InChI is InChI=1S/C16H14N2OS/c1-11-6-2-3-7-12(11)16(19)17-10-15-18-13-8-4-5-9-14(13)20-15/h2-9H,10H2,1H3,(H,17,19). The minimum Gasteiger partial charge on any atom is -0.346 e. The Morgan fingerprint density at radius 2 is 1.90 bits per heavy atom. The molecule has 0 atom stereocenters. The van der Waals surface area contributed by atoms with E-state index < -0.39 is 0 Å². The number of rotatable bonds is 3. The van der Waals surface area contributed by atoms with Crippen LogP contribution in [0.1, 0.15) is 20.9 Å². The Hall–Kier alpha value is -2.20. The van der Waals surface area contributed by atoms with E-state index in [1.165, 1.54) is 0 Å². The summed E-state index contributed by atoms with van der Waals surface area (Å²) in [5.74, 6) is -0.0534. The molecule has 0 saturated carbocycles. The summed E-state index contributed by atoms with van der Waals surface area (Å²) in [5.41, 5.74) is 2.68. The number of benzene rings is 2. The minimum atomic E-state index is -0.0534. The summed E-state index contributed by atoms with van der Waals surface area (Å²) in [5, 5.41) is 3.85. The Morgan fingerprint density at radius 3 is 2.70 bits per heavy atom. The first-order valence-corrected chi connectivity index (χ1v) is 7.24. The Kier molecular flexibility index (Phi) is 3.48. The molecule has 3 rings (SSSR count). The van der Waals surface area contributed by atoms with Gasteiger partial charge in [0.15, 0.2) is 0 Å². The van der Waals surface area contributed by atoms with E-state index in [0.717, 1.165) is 20.8 Å². The van der Waals surface area contributed by atoms with Crippen molar-refractivity contribution in [2.45, 2.75) is 13.5 Å². The molecule has 3 aromatic rings. The van der Waals surface area contributed by atoms with Crippen LogP contribution in [0, 0.1) is 6.92 Å². The van der Waals surface area contributed by atoms with Gasteiger partial charge in [-0.1, -0.05) is 30.3 Å². The first-order valence-electron chi connectivity index (χ1n) is 6.42. The van der Waals surface area contributed by atoms with Gasteiger partial charge < -0.3 is 5.32 Å². The molecule has 0 unspecified atom stereocenters. The maximum Gasteiger partial charge on any atom is 0.251 e. The number of aromatic nitrogens is 1. The Balaban J connectivity index is 1.73. The van der Waals surface area contributed by atoms with Gasteiger partial charge in [-0.05, 0) is 30.7 Å². The molecule has 2 aromatic carbocycles. The monoisotopic (exact) mass is 282 g/mol. The maximum atomic E-state index is 12.1. The lowest BCUT2D eigenvalue weighted by Gasteiger charge is -2.05. The van der Waals surface area contributed by atoms with Crippen LogP contribution in [0.2, 0.25) is 0 Å². The van der Waals surface area contributed by atoms with Gasteiger partial charge in [-0.3, -0.25) is 4.79 Å². The van der Waals surface area contributed by atoms with Crippen LogP contribution in [0.5, 0.6) is 0 Å². The number of nitrogens with one attached hydrogen (secondary N) is 1. The van der Waals surface area contributed by atoms with E-state index in [2.05, 4.69) is 10.3 Å². The zero-order valence-electron chi connectivity index (χ0n) is 11.1. The van der Waals surface area contributed by atoms with E-state index in [9.17, 15) is 4.79 Å². The molecule has 0 fully saturated rings.